The van der Waals surface area contributed by atoms with Crippen LogP contribution >= 0.6 is 0 Å². The Morgan fingerprint density at radius 3 is 2.15 bits per heavy atom. The van der Waals surface area contributed by atoms with Crippen molar-refractivity contribution in [3.63, 3.8) is 0 Å². The quantitative estimate of drug-likeness (QED) is 0.584. The average molecular weight is 448 g/mol. The van der Waals surface area contributed by atoms with E-state index in [9.17, 15) is 9.59 Å². The Morgan fingerprint density at radius 1 is 0.848 bits per heavy atom. The van der Waals surface area contributed by atoms with E-state index in [-0.39, 0.29) is 23.7 Å². The molecule has 2 aromatic heterocycles. The number of carbonyl (C=O) groups is 2. The summed E-state index contributed by atoms with van der Waals surface area (Å²) in [6.45, 7) is 0. The first-order chi connectivity index (χ1) is 16.2. The van der Waals surface area contributed by atoms with Crippen LogP contribution in [0.15, 0.2) is 30.1 Å². The summed E-state index contributed by atoms with van der Waals surface area (Å²) in [4.78, 5) is 37.6. The van der Waals surface area contributed by atoms with Crippen molar-refractivity contribution in [1.29, 1.82) is 0 Å². The molecule has 0 spiro atoms. The molecule has 7 heteroatoms. The predicted octanol–water partition coefficient (Wildman–Crippen LogP) is 5.23. The van der Waals surface area contributed by atoms with Gasteiger partial charge in [-0.05, 0) is 50.2 Å². The van der Waals surface area contributed by atoms with Gasteiger partial charge in [0.15, 0.2) is 0 Å². The van der Waals surface area contributed by atoms with Crippen molar-refractivity contribution in [2.24, 2.45) is 11.8 Å². The van der Waals surface area contributed by atoms with Crippen LogP contribution in [0.25, 0.3) is 16.6 Å². The molecule has 0 unspecified atom stereocenters. The molecule has 3 N–H and O–H groups in total. The first-order valence-corrected chi connectivity index (χ1v) is 12.5. The van der Waals surface area contributed by atoms with Gasteiger partial charge in [-0.25, -0.2) is 9.97 Å². The zero-order chi connectivity index (χ0) is 22.6. The molecule has 3 aliphatic rings. The topological polar surface area (TPSA) is 99.8 Å². The smallest absolute Gasteiger partial charge is 0.228 e. The van der Waals surface area contributed by atoms with E-state index in [1.807, 2.05) is 18.2 Å². The molecule has 0 bridgehead atoms. The number of nitrogens with one attached hydrogen (secondary N) is 3. The van der Waals surface area contributed by atoms with E-state index in [1.165, 1.54) is 12.8 Å². The lowest BCUT2D eigenvalue weighted by molar-refractivity contribution is -0.125. The largest absolute Gasteiger partial charge is 0.337 e. The maximum Gasteiger partial charge on any atom is 0.228 e. The van der Waals surface area contributed by atoms with Crippen LogP contribution in [0.2, 0.25) is 0 Å². The van der Waals surface area contributed by atoms with Crippen LogP contribution in [0.1, 0.15) is 82.9 Å². The number of nitrogens with zero attached hydrogens (tertiary/aromatic N) is 2. The molecule has 2 heterocycles. The van der Waals surface area contributed by atoms with Crippen molar-refractivity contribution in [2.45, 2.75) is 77.0 Å². The Kier molecular flexibility index (Phi) is 6.55. The molecule has 0 atom stereocenters. The van der Waals surface area contributed by atoms with Crippen LogP contribution in [0, 0.1) is 11.8 Å². The Hall–Kier alpha value is -2.96. The number of hydrogen-bond acceptors (Lipinski definition) is 4. The van der Waals surface area contributed by atoms with Gasteiger partial charge in [0.2, 0.25) is 11.8 Å². The van der Waals surface area contributed by atoms with E-state index in [0.29, 0.717) is 5.82 Å². The first kappa shape index (κ1) is 21.9. The van der Waals surface area contributed by atoms with E-state index < -0.39 is 0 Å². The second kappa shape index (κ2) is 9.89. The first-order valence-electron chi connectivity index (χ1n) is 12.5. The Morgan fingerprint density at radius 2 is 1.52 bits per heavy atom. The highest BCUT2D eigenvalue weighted by molar-refractivity contribution is 5.93. The summed E-state index contributed by atoms with van der Waals surface area (Å²) >= 11 is 0. The van der Waals surface area contributed by atoms with Gasteiger partial charge in [0.25, 0.3) is 0 Å². The fourth-order valence-electron chi connectivity index (χ4n) is 5.29. The van der Waals surface area contributed by atoms with Crippen molar-refractivity contribution < 1.29 is 9.59 Å². The van der Waals surface area contributed by atoms with Gasteiger partial charge >= 0.3 is 0 Å². The van der Waals surface area contributed by atoms with Crippen LogP contribution in [0.4, 0.5) is 5.82 Å². The fraction of sp³-hybridized carbons (Fsp3) is 0.538. The number of amides is 2. The van der Waals surface area contributed by atoms with Gasteiger partial charge in [0.1, 0.15) is 11.6 Å². The van der Waals surface area contributed by atoms with E-state index in [4.69, 9.17) is 4.98 Å². The Labute approximate surface area is 194 Å². The molecule has 174 valence electrons. The van der Waals surface area contributed by atoms with E-state index in [0.717, 1.165) is 92.3 Å². The molecule has 2 aromatic rings. The minimum absolute atomic E-state index is 0.0697. The lowest BCUT2D eigenvalue weighted by atomic mass is 9.88. The van der Waals surface area contributed by atoms with Gasteiger partial charge < -0.3 is 15.6 Å². The maximum absolute atomic E-state index is 12.5. The van der Waals surface area contributed by atoms with E-state index in [1.54, 1.807) is 6.20 Å². The third-order valence-electron chi connectivity index (χ3n) is 7.31. The summed E-state index contributed by atoms with van der Waals surface area (Å²) < 4.78 is 0. The van der Waals surface area contributed by atoms with Crippen molar-refractivity contribution in [3.8, 4) is 0 Å². The molecule has 0 aliphatic heterocycles. The summed E-state index contributed by atoms with van der Waals surface area (Å²) in [5.41, 5.74) is 3.73. The molecule has 2 fully saturated rings. The third-order valence-corrected chi connectivity index (χ3v) is 7.31. The molecule has 2 amide bonds. The highest BCUT2D eigenvalue weighted by Crippen LogP contribution is 2.29. The molecule has 5 rings (SSSR count). The number of pyridine rings is 1. The minimum Gasteiger partial charge on any atom is -0.337 e. The summed E-state index contributed by atoms with van der Waals surface area (Å²) in [6, 6.07) is 1.84. The molecule has 0 saturated heterocycles. The minimum atomic E-state index is 0.0697. The van der Waals surface area contributed by atoms with Crippen molar-refractivity contribution in [1.82, 2.24) is 20.3 Å². The van der Waals surface area contributed by atoms with Gasteiger partial charge in [-0.15, -0.1) is 0 Å². The number of carbonyl (C=O) groups excluding carboxylic acids is 2. The van der Waals surface area contributed by atoms with Gasteiger partial charge in [-0.2, -0.15) is 0 Å². The molecule has 0 aromatic carbocycles. The zero-order valence-corrected chi connectivity index (χ0v) is 19.2. The molecular formula is C26H33N5O2. The number of hydrogen-bond donors (Lipinski definition) is 3. The van der Waals surface area contributed by atoms with Crippen LogP contribution in [-0.2, 0) is 9.59 Å². The molecule has 3 aliphatic carbocycles. The number of rotatable bonds is 5. The highest BCUT2D eigenvalue weighted by atomic mass is 16.2. The van der Waals surface area contributed by atoms with Gasteiger partial charge in [0.05, 0.1) is 17.2 Å². The number of aromatic nitrogens is 3. The normalized spacial score (nSPS) is 20.2. The SMILES string of the molecule is O=C(NC1=CC=C(c2nc3cc(NC(=O)C4CCCCC4)ncc3[nH]2)CC1)C1CCCCC1. The standard InChI is InChI=1S/C26H33N5O2/c32-25(18-7-3-1-4-8-18)28-20-13-11-17(12-14-20)24-29-21-15-23(27-16-22(21)30-24)31-26(33)19-9-5-2-6-10-19/h11,13,15-16,18-19H,1-10,12,14H2,(H,28,32)(H,29,30)(H,27,31,33). The monoisotopic (exact) mass is 447 g/mol. The van der Waals surface area contributed by atoms with Crippen molar-refractivity contribution >= 4 is 34.2 Å². The highest BCUT2D eigenvalue weighted by Gasteiger charge is 2.23. The second-order valence-electron chi connectivity index (χ2n) is 9.70. The second-order valence-corrected chi connectivity index (χ2v) is 9.70. The summed E-state index contributed by atoms with van der Waals surface area (Å²) in [7, 11) is 0. The summed E-state index contributed by atoms with van der Waals surface area (Å²) in [5, 5.41) is 6.11. The molecular weight excluding hydrogens is 414 g/mol. The lowest BCUT2D eigenvalue weighted by Gasteiger charge is -2.22. The zero-order valence-electron chi connectivity index (χ0n) is 19.2. The molecule has 33 heavy (non-hydrogen) atoms. The van der Waals surface area contributed by atoms with Gasteiger partial charge in [-0.1, -0.05) is 44.6 Å². The Bertz CT molecular complexity index is 1090. The number of aromatic amines is 1. The lowest BCUT2D eigenvalue weighted by Crippen LogP contribution is -2.31. The van der Waals surface area contributed by atoms with Crippen LogP contribution in [-0.4, -0.2) is 26.8 Å². The number of H-pyrrole nitrogens is 1. The summed E-state index contributed by atoms with van der Waals surface area (Å²) in [5.74, 6) is 1.88. The number of imidazole rings is 1. The predicted molar refractivity (Wildman–Crippen MR) is 129 cm³/mol. The van der Waals surface area contributed by atoms with Crippen LogP contribution < -0.4 is 10.6 Å². The average Bonchev–Trinajstić information content (AvgIpc) is 3.29. The Balaban J connectivity index is 1.24. The van der Waals surface area contributed by atoms with Gasteiger partial charge in [0, 0.05) is 23.6 Å². The van der Waals surface area contributed by atoms with Crippen LogP contribution in [0.5, 0.6) is 0 Å². The van der Waals surface area contributed by atoms with E-state index >= 15 is 0 Å². The number of anilines is 1. The number of fused-ring (bicyclic) bond motifs is 1. The van der Waals surface area contributed by atoms with Crippen molar-refractivity contribution in [3.05, 3.63) is 35.9 Å². The van der Waals surface area contributed by atoms with Crippen molar-refractivity contribution in [2.75, 3.05) is 5.32 Å². The third kappa shape index (κ3) is 5.18. The van der Waals surface area contributed by atoms with E-state index in [2.05, 4.69) is 20.6 Å². The molecule has 2 saturated carbocycles. The van der Waals surface area contributed by atoms with Gasteiger partial charge in [-0.3, -0.25) is 9.59 Å². The van der Waals surface area contributed by atoms with Crippen LogP contribution in [0.3, 0.4) is 0 Å². The molecule has 7 nitrogen and oxygen atoms in total. The summed E-state index contributed by atoms with van der Waals surface area (Å²) in [6.07, 6.45) is 18.4. The maximum atomic E-state index is 12.5. The number of allylic oxidation sites excluding steroid dienone is 4. The molecule has 0 radical (unpaired) electrons. The fourth-order valence-corrected chi connectivity index (χ4v) is 5.29.